The van der Waals surface area contributed by atoms with Crippen molar-refractivity contribution in [2.45, 2.75) is 50.1 Å². The van der Waals surface area contributed by atoms with E-state index in [9.17, 15) is 27.8 Å². The van der Waals surface area contributed by atoms with E-state index in [1.165, 1.54) is 18.3 Å². The van der Waals surface area contributed by atoms with E-state index in [0.717, 1.165) is 114 Å². The summed E-state index contributed by atoms with van der Waals surface area (Å²) in [5.41, 5.74) is -5.45. The molecule has 0 saturated carbocycles. The van der Waals surface area contributed by atoms with E-state index in [1.807, 2.05) is 48.5 Å². The van der Waals surface area contributed by atoms with Crippen LogP contribution in [0.2, 0.25) is 0 Å². The van der Waals surface area contributed by atoms with Crippen molar-refractivity contribution in [2.24, 2.45) is 0 Å². The molecule has 2 N–H and O–H groups in total. The van der Waals surface area contributed by atoms with Gasteiger partial charge in [-0.2, -0.15) is 22.8 Å². The molecular weight excluding hydrogens is 1030 g/mol. The maximum atomic E-state index is 16.1. The van der Waals surface area contributed by atoms with E-state index < -0.39 is 81.9 Å². The molecule has 15 nitrogen and oxygen atoms in total. The highest BCUT2D eigenvalue weighted by Gasteiger charge is 2.59. The van der Waals surface area contributed by atoms with Gasteiger partial charge in [0.05, 0.1) is 24.7 Å². The smallest absolute Gasteiger partial charge is 0.323 e. The predicted molar refractivity (Wildman–Crippen MR) is 251 cm³/mol. The average molecular weight is 1080 g/mol. The first kappa shape index (κ1) is 53.2. The van der Waals surface area contributed by atoms with Gasteiger partial charge in [-0.1, -0.05) is 37.8 Å². The molecule has 1 aliphatic rings. The fourth-order valence-electron chi connectivity index (χ4n) is 8.04. The lowest BCUT2D eigenvalue weighted by atomic mass is 9.84. The van der Waals surface area contributed by atoms with Crippen LogP contribution in [0, 0.1) is 34.6 Å². The van der Waals surface area contributed by atoms with E-state index in [-0.39, 0.29) is 7.43 Å². The van der Waals surface area contributed by atoms with Crippen LogP contribution in [0.25, 0.3) is 11.1 Å². The highest BCUT2D eigenvalue weighted by molar-refractivity contribution is 9.10. The molecule has 24 heteroatoms. The number of hydrogen-bond acceptors (Lipinski definition) is 13. The Morgan fingerprint density at radius 3 is 1.52 bits per heavy atom. The molecule has 0 bridgehead atoms. The minimum Gasteiger partial charge on any atom is -0.377 e. The van der Waals surface area contributed by atoms with E-state index in [4.69, 9.17) is 5.26 Å². The van der Waals surface area contributed by atoms with Gasteiger partial charge < -0.3 is 15.1 Å². The van der Waals surface area contributed by atoms with Crippen molar-refractivity contribution < 1.29 is 45.3 Å². The lowest BCUT2D eigenvalue weighted by Crippen LogP contribution is -2.48. The molecular formula is C49H42BrF8N13O2. The predicted octanol–water partition coefficient (Wildman–Crippen LogP) is 8.31. The summed E-state index contributed by atoms with van der Waals surface area (Å²) in [6.07, 6.45) is 4.36. The van der Waals surface area contributed by atoms with Crippen LogP contribution in [-0.4, -0.2) is 91.7 Å². The molecule has 4 aromatic carbocycles. The average Bonchev–Trinajstić information content (AvgIpc) is 4.10. The minimum absolute atomic E-state index is 0. The number of hydrogen-bond donors (Lipinski definition) is 2. The summed E-state index contributed by atoms with van der Waals surface area (Å²) in [5, 5.41) is 51.6. The van der Waals surface area contributed by atoms with Crippen LogP contribution in [0.1, 0.15) is 41.1 Å². The summed E-state index contributed by atoms with van der Waals surface area (Å²) >= 11 is 3.07. The SMILES string of the molecule is C.N#Cc1ccc(CN2CCN(c3ccc(-c4ccc(C(F)(F)[C@](O)(Cn5cnnn5)c5ccc(F)cc5F)nc4)cc3)CC2)cc1.O[C@@](Cn1cnnn1)(c1ccc(F)cc1F)C(F)(F)c1ccc(Br)cn1. The number of rotatable bonds is 14. The van der Waals surface area contributed by atoms with Crippen LogP contribution < -0.4 is 4.90 Å². The van der Waals surface area contributed by atoms with Crippen LogP contribution in [0.15, 0.2) is 139 Å². The molecule has 0 amide bonds. The molecule has 378 valence electrons. The van der Waals surface area contributed by atoms with Gasteiger partial charge in [-0.05, 0) is 115 Å². The number of benzene rings is 4. The molecule has 2 atom stereocenters. The third-order valence-corrected chi connectivity index (χ3v) is 12.4. The third kappa shape index (κ3) is 11.4. The topological polar surface area (TPSA) is 184 Å². The van der Waals surface area contributed by atoms with Crippen molar-refractivity contribution in [3.8, 4) is 17.2 Å². The fourth-order valence-corrected chi connectivity index (χ4v) is 8.27. The normalized spacial score (nSPS) is 14.7. The van der Waals surface area contributed by atoms with Crippen molar-refractivity contribution in [3.05, 3.63) is 196 Å². The standard InChI is InChI=1S/C33H28F4N8O.C15H10BrF4N5O.CH4/c34-27-8-11-29(30(35)17-27)32(46,21-45-22-40-41-42-45)33(36,37)31-12-7-26(19-39-31)25-5-9-28(10-6-25)44-15-13-43(14-16-44)20-24-3-1-23(18-38)2-4-24;16-9-1-4-13(21-6-9)15(19,20)14(26,7-25-8-22-23-24-25)11-3-2-10(17)5-12(11)18;/h1-12,17,19,22,46H,13-16,20-21H2;1-6,8,26H,7H2;1H4/t32-;14-;/m00./s1. The van der Waals surface area contributed by atoms with Gasteiger partial charge in [-0.15, -0.1) is 10.2 Å². The molecule has 0 radical (unpaired) electrons. The van der Waals surface area contributed by atoms with Crippen molar-refractivity contribution in [1.29, 1.82) is 5.26 Å². The Kier molecular flexibility index (Phi) is 16.1. The summed E-state index contributed by atoms with van der Waals surface area (Å²) in [6.45, 7) is 2.42. The number of nitrogens with zero attached hydrogens (tertiary/aromatic N) is 13. The van der Waals surface area contributed by atoms with Crippen LogP contribution in [-0.2, 0) is 42.7 Å². The van der Waals surface area contributed by atoms with Gasteiger partial charge in [0, 0.05) is 84.1 Å². The van der Waals surface area contributed by atoms with Gasteiger partial charge in [0.1, 0.15) is 47.3 Å². The second kappa shape index (κ2) is 22.0. The molecule has 0 unspecified atom stereocenters. The van der Waals surface area contributed by atoms with Crippen LogP contribution in [0.5, 0.6) is 0 Å². The number of aromatic nitrogens is 10. The van der Waals surface area contributed by atoms with Crippen LogP contribution >= 0.6 is 15.9 Å². The van der Waals surface area contributed by atoms with E-state index >= 15 is 17.6 Å². The summed E-state index contributed by atoms with van der Waals surface area (Å²) in [4.78, 5) is 12.2. The highest BCUT2D eigenvalue weighted by Crippen LogP contribution is 2.48. The molecule has 0 spiro atoms. The fraction of sp³-hybridized carbons (Fsp3) is 0.245. The molecule has 9 rings (SSSR count). The van der Waals surface area contributed by atoms with Gasteiger partial charge in [0.15, 0.2) is 11.2 Å². The van der Waals surface area contributed by atoms with Crippen molar-refractivity contribution >= 4 is 21.6 Å². The van der Waals surface area contributed by atoms with Gasteiger partial charge in [0.25, 0.3) is 0 Å². The molecule has 8 aromatic rings. The van der Waals surface area contributed by atoms with Gasteiger partial charge in [-0.25, -0.2) is 26.9 Å². The molecule has 5 heterocycles. The molecule has 1 saturated heterocycles. The number of alkyl halides is 4. The highest BCUT2D eigenvalue weighted by atomic mass is 79.9. The maximum Gasteiger partial charge on any atom is 0.323 e. The summed E-state index contributed by atoms with van der Waals surface area (Å²) in [6, 6.07) is 26.2. The molecule has 4 aromatic heterocycles. The zero-order valence-electron chi connectivity index (χ0n) is 37.3. The first-order chi connectivity index (χ1) is 34.4. The molecule has 1 aliphatic heterocycles. The third-order valence-electron chi connectivity index (χ3n) is 11.9. The van der Waals surface area contributed by atoms with Gasteiger partial charge >= 0.3 is 11.8 Å². The number of anilines is 1. The van der Waals surface area contributed by atoms with E-state index in [0.29, 0.717) is 27.7 Å². The van der Waals surface area contributed by atoms with E-state index in [2.05, 4.69) is 72.8 Å². The van der Waals surface area contributed by atoms with Crippen molar-refractivity contribution in [2.75, 3.05) is 31.1 Å². The Balaban J connectivity index is 0.000000245. The number of tetrazole rings is 2. The molecule has 1 fully saturated rings. The van der Waals surface area contributed by atoms with Crippen molar-refractivity contribution in [3.63, 3.8) is 0 Å². The number of pyridine rings is 2. The summed E-state index contributed by atoms with van der Waals surface area (Å²) < 4.78 is 121. The Hall–Kier alpha value is -7.59. The van der Waals surface area contributed by atoms with Crippen molar-refractivity contribution in [1.82, 2.24) is 55.3 Å². The first-order valence-electron chi connectivity index (χ1n) is 21.6. The van der Waals surface area contributed by atoms with Crippen LogP contribution in [0.3, 0.4) is 0 Å². The zero-order chi connectivity index (χ0) is 51.3. The molecule has 73 heavy (non-hydrogen) atoms. The maximum absolute atomic E-state index is 16.1. The summed E-state index contributed by atoms with van der Waals surface area (Å²) in [5.74, 6) is -12.8. The summed E-state index contributed by atoms with van der Waals surface area (Å²) in [7, 11) is 0. The largest absolute Gasteiger partial charge is 0.377 e. The van der Waals surface area contributed by atoms with Crippen LogP contribution in [0.4, 0.5) is 40.8 Å². The first-order valence-corrected chi connectivity index (χ1v) is 22.4. The number of nitriles is 1. The zero-order valence-corrected chi connectivity index (χ0v) is 38.8. The number of piperazine rings is 1. The quantitative estimate of drug-likeness (QED) is 0.0993. The Bertz CT molecular complexity index is 3130. The lowest BCUT2D eigenvalue weighted by molar-refractivity contribution is -0.207. The number of aliphatic hydroxyl groups is 2. The Morgan fingerprint density at radius 2 is 1.10 bits per heavy atom. The van der Waals surface area contributed by atoms with E-state index in [1.54, 1.807) is 0 Å². The Labute approximate surface area is 420 Å². The Morgan fingerprint density at radius 1 is 0.603 bits per heavy atom. The second-order valence-electron chi connectivity index (χ2n) is 16.5. The lowest BCUT2D eigenvalue weighted by Gasteiger charge is -2.36. The van der Waals surface area contributed by atoms with Gasteiger partial charge in [-0.3, -0.25) is 14.9 Å². The molecule has 0 aliphatic carbocycles. The van der Waals surface area contributed by atoms with Gasteiger partial charge in [0.2, 0.25) is 0 Å². The minimum atomic E-state index is -4.14. The monoisotopic (exact) mass is 1080 g/mol. The number of halogens is 9. The second-order valence-corrected chi connectivity index (χ2v) is 17.5.